The number of nitrogens with zero attached hydrogens (tertiary/aromatic N) is 1. The number of aliphatic hydroxyl groups is 1. The second kappa shape index (κ2) is 69.7. The average Bonchev–Trinajstić information content (AvgIpc) is 2.05. The Bertz CT molecular complexity index is 210. The molecule has 0 aromatic carbocycles. The number of hydrogen-bond donors (Lipinski definition) is 1. The molecule has 0 fully saturated rings. The Morgan fingerprint density at radius 2 is 0.864 bits per heavy atom. The van der Waals surface area contributed by atoms with Crippen LogP contribution in [0, 0.1) is 0 Å². The van der Waals surface area contributed by atoms with Gasteiger partial charge in [-0.15, -0.1) is 0 Å². The molecule has 126 valence electrons. The monoisotopic (exact) mass is 3030 g/mol. The summed E-state index contributed by atoms with van der Waals surface area (Å²) in [6.07, 6.45) is 0. The Hall–Kier alpha value is 10.2. The van der Waals surface area contributed by atoms with Crippen LogP contribution < -0.4 is 0 Å². The minimum atomic E-state index is -0.271. The third-order valence-corrected chi connectivity index (χ3v) is 5.14. The van der Waals surface area contributed by atoms with E-state index in [0.29, 0.717) is 3.90 Å². The summed E-state index contributed by atoms with van der Waals surface area (Å²) in [5.74, 6) is -0.271. The van der Waals surface area contributed by atoms with Crippen molar-refractivity contribution in [1.82, 2.24) is 0 Å². The molecule has 0 saturated heterocycles. The first-order valence-corrected chi connectivity index (χ1v) is 17.2. The van der Waals surface area contributed by atoms with Crippen LogP contribution in [0.5, 0.6) is 0 Å². The maximum atomic E-state index is 10.6. The molecule has 0 unspecified atom stereocenters. The molecular weight excluding hydrogens is 3020 g/mol. The van der Waals surface area contributed by atoms with E-state index >= 15 is 0 Å². The van der Waals surface area contributed by atoms with Crippen LogP contribution in [0.1, 0.15) is 0 Å². The van der Waals surface area contributed by atoms with Gasteiger partial charge in [-0.25, -0.2) is 0 Å². The van der Waals surface area contributed by atoms with Crippen LogP contribution in [0.4, 0.5) is 0 Å². The fourth-order valence-corrected chi connectivity index (χ4v) is 1.84. The van der Waals surface area contributed by atoms with E-state index < -0.39 is 0 Å². The Balaban J connectivity index is -0.00000000544. The molecular formula is C3HNO2W16. The van der Waals surface area contributed by atoms with Gasteiger partial charge in [0, 0.05) is 232 Å². The molecule has 0 aliphatic carbocycles. The van der Waals surface area contributed by atoms with E-state index in [-0.39, 0.29) is 242 Å². The van der Waals surface area contributed by atoms with Crippen LogP contribution in [0.2, 0.25) is 0 Å². The molecule has 0 bridgehead atoms. The first-order valence-electron chi connectivity index (χ1n) is 1.91. The average molecular weight is 3020 g/mol. The van der Waals surface area contributed by atoms with Crippen molar-refractivity contribution in [2.45, 2.75) is 0 Å². The summed E-state index contributed by atoms with van der Waals surface area (Å²) < 4.78 is 4.08. The van der Waals surface area contributed by atoms with Gasteiger partial charge in [-0.05, 0) is 0 Å². The second-order valence-electron chi connectivity index (χ2n) is 1.03. The van der Waals surface area contributed by atoms with Crippen molar-refractivity contribution in [2.75, 3.05) is 0 Å². The Morgan fingerprint density at radius 3 is 0.909 bits per heavy atom. The van der Waals surface area contributed by atoms with Gasteiger partial charge in [0.25, 0.3) is 0 Å². The van der Waals surface area contributed by atoms with Gasteiger partial charge in [-0.2, -0.15) is 0 Å². The van der Waals surface area contributed by atoms with E-state index in [0.717, 1.165) is 58.3 Å². The van der Waals surface area contributed by atoms with E-state index in [9.17, 15) is 4.79 Å². The Labute approximate surface area is 340 Å². The normalized spacial score (nSPS) is 3.50. The first-order chi connectivity index (χ1) is 5.09. The SMILES string of the molecule is O=C([N]=[W])[C](=[W])[C](O)=[W].[W].[W].[W].[W].[W].[W].[W].[W].[W].[W].[W].[W]=[W]. The molecule has 0 aliphatic rings. The van der Waals surface area contributed by atoms with Crippen molar-refractivity contribution in [3.05, 3.63) is 0 Å². The molecule has 0 spiro atoms. The summed E-state index contributed by atoms with van der Waals surface area (Å²) >= 11 is 6.11. The zero-order valence-electron chi connectivity index (χ0n) is 9.33. The number of carbonyl (C=O) groups excluding carboxylic acids is 1. The first kappa shape index (κ1) is 85.0. The zero-order valence-corrected chi connectivity index (χ0v) is 56.3. The van der Waals surface area contributed by atoms with E-state index in [4.69, 9.17) is 5.11 Å². The van der Waals surface area contributed by atoms with Crippen molar-refractivity contribution in [3.8, 4) is 0 Å². The van der Waals surface area contributed by atoms with Crippen LogP contribution in [0.15, 0.2) is 3.50 Å². The third-order valence-electron chi connectivity index (χ3n) is 0.471. The molecule has 1 N–H and O–H groups in total. The number of amides is 1. The van der Waals surface area contributed by atoms with E-state index in [1.165, 1.54) is 0 Å². The van der Waals surface area contributed by atoms with Crippen LogP contribution in [0.3, 0.4) is 0 Å². The van der Waals surface area contributed by atoms with Crippen LogP contribution in [-0.2, 0) is 327 Å². The van der Waals surface area contributed by atoms with Crippen LogP contribution in [-0.4, -0.2) is 19.0 Å². The number of rotatable bonds is 2. The zero-order chi connectivity index (χ0) is 9.44. The number of aliphatic hydroxyl groups excluding tert-OH is 1. The third kappa shape index (κ3) is 63.1. The minimum absolute atomic E-state index is 0. The van der Waals surface area contributed by atoms with E-state index in [1.807, 2.05) is 0 Å². The molecule has 0 aliphatic heterocycles. The van der Waals surface area contributed by atoms with Gasteiger partial charge in [-0.3, -0.25) is 0 Å². The van der Waals surface area contributed by atoms with Crippen molar-refractivity contribution >= 4 is 13.9 Å². The van der Waals surface area contributed by atoms with Gasteiger partial charge in [-0.1, -0.05) is 0 Å². The number of hydrogen-bond acceptors (Lipinski definition) is 2. The standard InChI is InChI=1S/C3HNO2.16W/c4-3(6)1-2-5;;;;;;;;;;;;;;;;/h5H;;;;;;;;;;;;;;;;. The molecule has 0 heterocycles. The number of carbonyl (C=O) groups is 1. The molecule has 22 heavy (non-hydrogen) atoms. The fourth-order valence-electron chi connectivity index (χ4n) is 0.133. The van der Waals surface area contributed by atoms with Gasteiger partial charge in [0.1, 0.15) is 0 Å². The molecule has 3 nitrogen and oxygen atoms in total. The summed E-state index contributed by atoms with van der Waals surface area (Å²) in [6.45, 7) is 0. The second-order valence-corrected chi connectivity index (χ2v) is 4.54. The van der Waals surface area contributed by atoms with Gasteiger partial charge >= 0.3 is 118 Å². The van der Waals surface area contributed by atoms with Crippen LogP contribution in [0.25, 0.3) is 0 Å². The fraction of sp³-hybridized carbons (Fsp3) is 0. The molecule has 19 heteroatoms. The summed E-state index contributed by atoms with van der Waals surface area (Å²) in [5, 5.41) is 8.79. The molecule has 0 radical (unpaired) electrons. The molecule has 0 aromatic rings. The van der Waals surface area contributed by atoms with Gasteiger partial charge in [0.05, 0.1) is 0 Å². The van der Waals surface area contributed by atoms with Crippen molar-refractivity contribution in [2.24, 2.45) is 3.50 Å². The van der Waals surface area contributed by atoms with E-state index in [2.05, 4.69) is 3.50 Å². The maximum absolute atomic E-state index is 10.6. The van der Waals surface area contributed by atoms with Crippen molar-refractivity contribution in [3.63, 3.8) is 0 Å². The van der Waals surface area contributed by atoms with Gasteiger partial charge in [0.15, 0.2) is 0 Å². The summed E-state index contributed by atoms with van der Waals surface area (Å²) in [5.41, 5.74) is 0. The Morgan fingerprint density at radius 1 is 0.682 bits per heavy atom. The molecule has 0 rings (SSSR count). The van der Waals surface area contributed by atoms with Gasteiger partial charge in [0.2, 0.25) is 0 Å². The van der Waals surface area contributed by atoms with Crippen molar-refractivity contribution < 1.29 is 332 Å². The predicted molar refractivity (Wildman–Crippen MR) is 19.4 cm³/mol. The molecule has 1 amide bonds. The van der Waals surface area contributed by atoms with Crippen molar-refractivity contribution in [1.29, 1.82) is 0 Å². The molecule has 0 aromatic heterocycles. The topological polar surface area (TPSA) is 49.7 Å². The summed E-state index contributed by atoms with van der Waals surface area (Å²) in [7, 11) is 0. The molecule has 0 saturated carbocycles. The van der Waals surface area contributed by atoms with E-state index in [1.54, 1.807) is 32.4 Å². The van der Waals surface area contributed by atoms with Gasteiger partial charge < -0.3 is 0 Å². The predicted octanol–water partition coefficient (Wildman–Crippen LogP) is -1.02. The quantitative estimate of drug-likeness (QED) is 0.386. The summed E-state index contributed by atoms with van der Waals surface area (Å²) in [4.78, 5) is 10.6. The molecule has 0 atom stereocenters. The summed E-state index contributed by atoms with van der Waals surface area (Å²) in [6, 6.07) is 0. The Kier molecular flexibility index (Phi) is 270. The van der Waals surface area contributed by atoms with Crippen LogP contribution >= 0.6 is 0 Å².